The standard InChI is InChI=1S/C24H21N5O7/c1-3-36-24(32)17-14-16-20(25-19-10-6-7-11-27(19)23(16)31)28(12-13-35-2)21(17)26-22(30)15-8-4-5-9-18(15)29(33)34/h4-11,14H,3,12-13H2,1-2H3. The predicted molar refractivity (Wildman–Crippen MR) is 128 cm³/mol. The van der Waals surface area contributed by atoms with Crippen molar-refractivity contribution >= 4 is 34.2 Å². The largest absolute Gasteiger partial charge is 0.462 e. The SMILES string of the molecule is CCOC(=O)c1cc2c(=O)n3ccccc3nc2n(CCOC)c1=NC(=O)c1ccccc1[N+](=O)[O-]. The lowest BCUT2D eigenvalue weighted by molar-refractivity contribution is -0.385. The third kappa shape index (κ3) is 4.49. The second-order valence-corrected chi connectivity index (χ2v) is 7.52. The maximum Gasteiger partial charge on any atom is 0.341 e. The van der Waals surface area contributed by atoms with Gasteiger partial charge in [0, 0.05) is 25.9 Å². The van der Waals surface area contributed by atoms with Crippen LogP contribution >= 0.6 is 0 Å². The first-order chi connectivity index (χ1) is 17.4. The van der Waals surface area contributed by atoms with Crippen LogP contribution in [-0.2, 0) is 16.0 Å². The fourth-order valence-electron chi connectivity index (χ4n) is 3.72. The summed E-state index contributed by atoms with van der Waals surface area (Å²) in [7, 11) is 1.46. The van der Waals surface area contributed by atoms with Gasteiger partial charge in [0.25, 0.3) is 17.2 Å². The number of fused-ring (bicyclic) bond motifs is 2. The zero-order valence-electron chi connectivity index (χ0n) is 19.4. The number of esters is 1. The van der Waals surface area contributed by atoms with Crippen LogP contribution in [0.15, 0.2) is 64.5 Å². The Bertz CT molecular complexity index is 1640. The molecule has 0 aliphatic carbocycles. The summed E-state index contributed by atoms with van der Waals surface area (Å²) in [6, 6.07) is 11.6. The van der Waals surface area contributed by atoms with E-state index in [0.717, 1.165) is 0 Å². The number of carbonyl (C=O) groups excluding carboxylic acids is 2. The summed E-state index contributed by atoms with van der Waals surface area (Å²) < 4.78 is 13.1. The van der Waals surface area contributed by atoms with Crippen LogP contribution in [0.5, 0.6) is 0 Å². The van der Waals surface area contributed by atoms with E-state index in [0.29, 0.717) is 5.65 Å². The summed E-state index contributed by atoms with van der Waals surface area (Å²) in [5.74, 6) is -1.77. The van der Waals surface area contributed by atoms with Gasteiger partial charge in [-0.25, -0.2) is 9.78 Å². The smallest absolute Gasteiger partial charge is 0.341 e. The van der Waals surface area contributed by atoms with Gasteiger partial charge in [-0.1, -0.05) is 18.2 Å². The highest BCUT2D eigenvalue weighted by molar-refractivity contribution is 6.00. The van der Waals surface area contributed by atoms with Crippen LogP contribution in [0, 0.1) is 10.1 Å². The Morgan fingerprint density at radius 2 is 1.89 bits per heavy atom. The number of methoxy groups -OCH3 is 1. The molecule has 0 aliphatic heterocycles. The zero-order chi connectivity index (χ0) is 25.8. The Kier molecular flexibility index (Phi) is 6.97. The molecule has 3 heterocycles. The molecule has 12 nitrogen and oxygen atoms in total. The van der Waals surface area contributed by atoms with E-state index >= 15 is 0 Å². The molecule has 1 aromatic carbocycles. The minimum atomic E-state index is -0.948. The molecule has 0 radical (unpaired) electrons. The number of nitro benzene ring substituents is 1. The van der Waals surface area contributed by atoms with Crippen molar-refractivity contribution < 1.29 is 24.0 Å². The van der Waals surface area contributed by atoms with Crippen molar-refractivity contribution in [2.24, 2.45) is 4.99 Å². The number of hydrogen-bond donors (Lipinski definition) is 0. The molecule has 0 aliphatic rings. The molecule has 3 aromatic heterocycles. The van der Waals surface area contributed by atoms with Crippen LogP contribution in [0.25, 0.3) is 16.7 Å². The van der Waals surface area contributed by atoms with Gasteiger partial charge < -0.3 is 14.0 Å². The van der Waals surface area contributed by atoms with Crippen LogP contribution in [0.2, 0.25) is 0 Å². The van der Waals surface area contributed by atoms with Gasteiger partial charge in [-0.15, -0.1) is 0 Å². The fourth-order valence-corrected chi connectivity index (χ4v) is 3.72. The summed E-state index contributed by atoms with van der Waals surface area (Å²) in [6.45, 7) is 1.83. The number of aromatic nitrogens is 3. The lowest BCUT2D eigenvalue weighted by Gasteiger charge is -2.14. The van der Waals surface area contributed by atoms with Crippen molar-refractivity contribution in [3.8, 4) is 0 Å². The first kappa shape index (κ1) is 24.4. The molecule has 4 aromatic rings. The molecule has 0 saturated heterocycles. The molecule has 4 rings (SSSR count). The first-order valence-electron chi connectivity index (χ1n) is 10.9. The number of nitrogens with zero attached hydrogens (tertiary/aromatic N) is 5. The van der Waals surface area contributed by atoms with Crippen molar-refractivity contribution in [1.82, 2.24) is 14.0 Å². The van der Waals surface area contributed by atoms with Gasteiger partial charge in [0.1, 0.15) is 22.4 Å². The topological polar surface area (TPSA) is 147 Å². The molecule has 184 valence electrons. The third-order valence-corrected chi connectivity index (χ3v) is 5.34. The van der Waals surface area contributed by atoms with Crippen LogP contribution in [0.4, 0.5) is 5.69 Å². The van der Waals surface area contributed by atoms with E-state index in [1.54, 1.807) is 31.3 Å². The second-order valence-electron chi connectivity index (χ2n) is 7.52. The highest BCUT2D eigenvalue weighted by Crippen LogP contribution is 2.19. The van der Waals surface area contributed by atoms with Gasteiger partial charge in [-0.3, -0.25) is 24.1 Å². The van der Waals surface area contributed by atoms with Crippen molar-refractivity contribution in [1.29, 1.82) is 0 Å². The van der Waals surface area contributed by atoms with Crippen molar-refractivity contribution in [3.05, 3.63) is 91.8 Å². The number of carbonyl (C=O) groups is 2. The minimum Gasteiger partial charge on any atom is -0.462 e. The van der Waals surface area contributed by atoms with E-state index in [9.17, 15) is 24.5 Å². The molecule has 0 atom stereocenters. The number of benzene rings is 1. The normalized spacial score (nSPS) is 11.7. The third-order valence-electron chi connectivity index (χ3n) is 5.34. The van der Waals surface area contributed by atoms with E-state index < -0.39 is 28.0 Å². The quantitative estimate of drug-likeness (QED) is 0.165. The monoisotopic (exact) mass is 491 g/mol. The van der Waals surface area contributed by atoms with Gasteiger partial charge in [0.2, 0.25) is 0 Å². The van der Waals surface area contributed by atoms with Crippen molar-refractivity contribution in [2.75, 3.05) is 20.3 Å². The highest BCUT2D eigenvalue weighted by atomic mass is 16.6. The summed E-state index contributed by atoms with van der Waals surface area (Å²) in [6.07, 6.45) is 1.55. The molecular weight excluding hydrogens is 470 g/mol. The Balaban J connectivity index is 2.12. The van der Waals surface area contributed by atoms with E-state index in [2.05, 4.69) is 9.98 Å². The van der Waals surface area contributed by atoms with Gasteiger partial charge in [-0.2, -0.15) is 4.99 Å². The minimum absolute atomic E-state index is 0.0292. The molecule has 0 saturated carbocycles. The molecule has 0 N–H and O–H groups in total. The molecule has 0 unspecified atom stereocenters. The van der Waals surface area contributed by atoms with Gasteiger partial charge in [0.05, 0.1) is 23.5 Å². The molecule has 0 bridgehead atoms. The lowest BCUT2D eigenvalue weighted by Crippen LogP contribution is -2.33. The summed E-state index contributed by atoms with van der Waals surface area (Å²) >= 11 is 0. The molecule has 36 heavy (non-hydrogen) atoms. The van der Waals surface area contributed by atoms with E-state index in [4.69, 9.17) is 9.47 Å². The molecular formula is C24H21N5O7. The Hall–Kier alpha value is -4.71. The lowest BCUT2D eigenvalue weighted by atomic mass is 10.1. The molecule has 12 heteroatoms. The number of para-hydroxylation sites is 1. The number of nitro groups is 1. The summed E-state index contributed by atoms with van der Waals surface area (Å²) in [5, 5.41) is 11.5. The van der Waals surface area contributed by atoms with Gasteiger partial charge >= 0.3 is 5.97 Å². The number of amides is 1. The van der Waals surface area contributed by atoms with Crippen LogP contribution in [0.1, 0.15) is 27.6 Å². The predicted octanol–water partition coefficient (Wildman–Crippen LogP) is 2.12. The molecule has 0 fully saturated rings. The van der Waals surface area contributed by atoms with Crippen LogP contribution in [-0.4, -0.2) is 51.1 Å². The summed E-state index contributed by atoms with van der Waals surface area (Å²) in [4.78, 5) is 58.8. The van der Waals surface area contributed by atoms with Gasteiger partial charge in [0.15, 0.2) is 5.49 Å². The zero-order valence-corrected chi connectivity index (χ0v) is 19.4. The summed E-state index contributed by atoms with van der Waals surface area (Å²) in [5.41, 5.74) is -0.969. The van der Waals surface area contributed by atoms with Crippen LogP contribution in [0.3, 0.4) is 0 Å². The average Bonchev–Trinajstić information content (AvgIpc) is 2.88. The number of hydrogen-bond acceptors (Lipinski definition) is 8. The second kappa shape index (κ2) is 10.3. The number of ether oxygens (including phenoxy) is 2. The average molecular weight is 491 g/mol. The number of pyridine rings is 2. The van der Waals surface area contributed by atoms with Crippen molar-refractivity contribution in [3.63, 3.8) is 0 Å². The highest BCUT2D eigenvalue weighted by Gasteiger charge is 2.23. The Morgan fingerprint density at radius 1 is 1.14 bits per heavy atom. The Morgan fingerprint density at radius 3 is 2.61 bits per heavy atom. The van der Waals surface area contributed by atoms with E-state index in [1.165, 1.54) is 46.4 Å². The molecule has 0 spiro atoms. The first-order valence-corrected chi connectivity index (χ1v) is 10.9. The van der Waals surface area contributed by atoms with Gasteiger partial charge in [-0.05, 0) is 31.2 Å². The van der Waals surface area contributed by atoms with E-state index in [-0.39, 0.29) is 47.4 Å². The van der Waals surface area contributed by atoms with E-state index in [1.807, 2.05) is 0 Å². The van der Waals surface area contributed by atoms with Crippen LogP contribution < -0.4 is 11.0 Å². The fraction of sp³-hybridized carbons (Fsp3) is 0.208. The Labute approximate surface area is 203 Å². The number of rotatable bonds is 7. The maximum absolute atomic E-state index is 13.3. The maximum atomic E-state index is 13.3. The van der Waals surface area contributed by atoms with Crippen molar-refractivity contribution in [2.45, 2.75) is 13.5 Å². The molecule has 1 amide bonds.